The van der Waals surface area contributed by atoms with Crippen molar-refractivity contribution in [2.75, 3.05) is 19.6 Å². The van der Waals surface area contributed by atoms with Crippen LogP contribution in [0, 0.1) is 0 Å². The number of nitrogens with one attached hydrogen (secondary N) is 1. The van der Waals surface area contributed by atoms with Crippen LogP contribution in [-0.2, 0) is 13.6 Å². The highest BCUT2D eigenvalue weighted by molar-refractivity contribution is 6.29. The van der Waals surface area contributed by atoms with E-state index in [1.54, 1.807) is 6.20 Å². The van der Waals surface area contributed by atoms with Gasteiger partial charge in [-0.25, -0.2) is 4.98 Å². The van der Waals surface area contributed by atoms with E-state index in [0.717, 1.165) is 32.0 Å². The minimum absolute atomic E-state index is 0.644. The summed E-state index contributed by atoms with van der Waals surface area (Å²) in [5.74, 6) is 1.04. The molecule has 0 radical (unpaired) electrons. The van der Waals surface area contributed by atoms with Crippen LogP contribution in [0.4, 0.5) is 0 Å². The van der Waals surface area contributed by atoms with E-state index in [0.29, 0.717) is 11.2 Å². The number of rotatable bonds is 5. The summed E-state index contributed by atoms with van der Waals surface area (Å²) in [4.78, 5) is 6.76. The van der Waals surface area contributed by atoms with Gasteiger partial charge in [-0.05, 0) is 25.9 Å². The van der Waals surface area contributed by atoms with Crippen molar-refractivity contribution in [1.29, 1.82) is 0 Å². The van der Waals surface area contributed by atoms with E-state index in [2.05, 4.69) is 22.1 Å². The molecule has 0 spiro atoms. The summed E-state index contributed by atoms with van der Waals surface area (Å²) in [6.07, 6.45) is 4.31. The van der Waals surface area contributed by atoms with Gasteiger partial charge in [-0.15, -0.1) is 0 Å². The first-order chi connectivity index (χ1) is 8.20. The largest absolute Gasteiger partial charge is 0.321 e. The molecule has 2 rings (SSSR count). The number of hydrogen-bond acceptors (Lipinski definition) is 3. The topological polar surface area (TPSA) is 33.1 Å². The number of likely N-dealkylation sites (N-methyl/N-ethyl adjacent to an activating group) is 1. The molecule has 1 N–H and O–H groups in total. The van der Waals surface area contributed by atoms with Crippen LogP contribution < -0.4 is 5.32 Å². The molecule has 4 nitrogen and oxygen atoms in total. The van der Waals surface area contributed by atoms with Crippen molar-refractivity contribution in [3.05, 3.63) is 17.2 Å². The van der Waals surface area contributed by atoms with Gasteiger partial charge in [-0.1, -0.05) is 18.5 Å². The van der Waals surface area contributed by atoms with Crippen LogP contribution in [0.3, 0.4) is 0 Å². The molecule has 0 aliphatic carbocycles. The Kier molecular flexibility index (Phi) is 4.42. The molecule has 0 amide bonds. The van der Waals surface area contributed by atoms with Crippen molar-refractivity contribution in [2.45, 2.75) is 32.4 Å². The molecule has 0 aromatic carbocycles. The molecule has 1 saturated heterocycles. The minimum atomic E-state index is 0.644. The van der Waals surface area contributed by atoms with Crippen molar-refractivity contribution >= 4 is 11.6 Å². The lowest BCUT2D eigenvalue weighted by Gasteiger charge is -2.23. The van der Waals surface area contributed by atoms with Crippen LogP contribution in [0.25, 0.3) is 0 Å². The van der Waals surface area contributed by atoms with Crippen molar-refractivity contribution < 1.29 is 0 Å². The van der Waals surface area contributed by atoms with E-state index < -0.39 is 0 Å². The summed E-state index contributed by atoms with van der Waals surface area (Å²) in [6, 6.07) is 0.644. The molecule has 1 aliphatic rings. The Labute approximate surface area is 108 Å². The maximum Gasteiger partial charge on any atom is 0.128 e. The van der Waals surface area contributed by atoms with E-state index in [-0.39, 0.29) is 0 Å². The van der Waals surface area contributed by atoms with Crippen LogP contribution in [-0.4, -0.2) is 40.1 Å². The summed E-state index contributed by atoms with van der Waals surface area (Å²) < 4.78 is 1.95. The smallest absolute Gasteiger partial charge is 0.128 e. The number of hydrogen-bond donors (Lipinski definition) is 1. The molecule has 2 heterocycles. The lowest BCUT2D eigenvalue weighted by molar-refractivity contribution is 0.245. The van der Waals surface area contributed by atoms with Crippen LogP contribution in [0.15, 0.2) is 6.20 Å². The molecular formula is C12H21ClN4. The van der Waals surface area contributed by atoms with Gasteiger partial charge < -0.3 is 9.88 Å². The summed E-state index contributed by atoms with van der Waals surface area (Å²) in [7, 11) is 1.96. The zero-order valence-electron chi connectivity index (χ0n) is 10.6. The van der Waals surface area contributed by atoms with Gasteiger partial charge in [0.05, 0.1) is 12.7 Å². The molecule has 1 aliphatic heterocycles. The summed E-state index contributed by atoms with van der Waals surface area (Å²) in [6.45, 7) is 6.37. The van der Waals surface area contributed by atoms with Gasteiger partial charge in [-0.2, -0.15) is 0 Å². The van der Waals surface area contributed by atoms with Crippen molar-refractivity contribution in [3.8, 4) is 0 Å². The van der Waals surface area contributed by atoms with E-state index in [9.17, 15) is 0 Å². The van der Waals surface area contributed by atoms with Gasteiger partial charge >= 0.3 is 0 Å². The molecule has 1 aromatic rings. The Morgan fingerprint density at radius 2 is 2.47 bits per heavy atom. The van der Waals surface area contributed by atoms with Gasteiger partial charge in [-0.3, -0.25) is 4.90 Å². The first-order valence-electron chi connectivity index (χ1n) is 6.32. The first kappa shape index (κ1) is 12.9. The van der Waals surface area contributed by atoms with Crippen LogP contribution >= 0.6 is 11.6 Å². The predicted molar refractivity (Wildman–Crippen MR) is 70.2 cm³/mol. The molecule has 96 valence electrons. The second kappa shape index (κ2) is 5.85. The number of nitrogens with zero attached hydrogens (tertiary/aromatic N) is 3. The molecule has 1 atom stereocenters. The van der Waals surface area contributed by atoms with E-state index >= 15 is 0 Å². The van der Waals surface area contributed by atoms with E-state index in [4.69, 9.17) is 11.6 Å². The average molecular weight is 257 g/mol. The molecular weight excluding hydrogens is 236 g/mol. The summed E-state index contributed by atoms with van der Waals surface area (Å²) in [5, 5.41) is 4.24. The lowest BCUT2D eigenvalue weighted by atomic mass is 10.2. The molecule has 1 aromatic heterocycles. The third-order valence-corrected chi connectivity index (χ3v) is 3.83. The minimum Gasteiger partial charge on any atom is -0.321 e. The second-order valence-electron chi connectivity index (χ2n) is 4.68. The number of aromatic nitrogens is 2. The molecule has 5 heteroatoms. The number of imidazole rings is 1. The highest BCUT2D eigenvalue weighted by Crippen LogP contribution is 2.13. The molecule has 0 saturated carbocycles. The average Bonchev–Trinajstić information content (AvgIpc) is 2.93. The van der Waals surface area contributed by atoms with Crippen molar-refractivity contribution in [3.63, 3.8) is 0 Å². The second-order valence-corrected chi connectivity index (χ2v) is 5.06. The highest BCUT2D eigenvalue weighted by Gasteiger charge is 2.18. The quantitative estimate of drug-likeness (QED) is 0.870. The standard InChI is InChI=1S/C12H21ClN4/c1-3-17(8-10-5-4-6-14-10)9-12-15-7-11(13)16(12)2/h7,10,14H,3-6,8-9H2,1-2H3. The zero-order chi connectivity index (χ0) is 12.3. The van der Waals surface area contributed by atoms with Crippen LogP contribution in [0.1, 0.15) is 25.6 Å². The third-order valence-electron chi connectivity index (χ3n) is 3.48. The predicted octanol–water partition coefficient (Wildman–Crippen LogP) is 1.65. The van der Waals surface area contributed by atoms with Gasteiger partial charge in [0.15, 0.2) is 0 Å². The lowest BCUT2D eigenvalue weighted by Crippen LogP contribution is -2.37. The maximum atomic E-state index is 6.00. The van der Waals surface area contributed by atoms with E-state index in [1.807, 2.05) is 11.6 Å². The fourth-order valence-corrected chi connectivity index (χ4v) is 2.45. The molecule has 1 fully saturated rings. The Morgan fingerprint density at radius 1 is 1.65 bits per heavy atom. The fourth-order valence-electron chi connectivity index (χ4n) is 2.30. The SMILES string of the molecule is CCN(Cc1ncc(Cl)n1C)CC1CCCN1. The zero-order valence-corrected chi connectivity index (χ0v) is 11.4. The maximum absolute atomic E-state index is 6.00. The molecule has 17 heavy (non-hydrogen) atoms. The summed E-state index contributed by atoms with van der Waals surface area (Å²) in [5.41, 5.74) is 0. The Balaban J connectivity index is 1.92. The van der Waals surface area contributed by atoms with Crippen molar-refractivity contribution in [1.82, 2.24) is 19.8 Å². The monoisotopic (exact) mass is 256 g/mol. The van der Waals surface area contributed by atoms with E-state index in [1.165, 1.54) is 12.8 Å². The first-order valence-corrected chi connectivity index (χ1v) is 6.70. The van der Waals surface area contributed by atoms with Crippen molar-refractivity contribution in [2.24, 2.45) is 7.05 Å². The van der Waals surface area contributed by atoms with Gasteiger partial charge in [0, 0.05) is 19.6 Å². The van der Waals surface area contributed by atoms with Gasteiger partial charge in [0.25, 0.3) is 0 Å². The van der Waals surface area contributed by atoms with Crippen LogP contribution in [0.5, 0.6) is 0 Å². The van der Waals surface area contributed by atoms with Gasteiger partial charge in [0.2, 0.25) is 0 Å². The third kappa shape index (κ3) is 3.21. The van der Waals surface area contributed by atoms with Gasteiger partial charge in [0.1, 0.15) is 11.0 Å². The Hall–Kier alpha value is -0.580. The Morgan fingerprint density at radius 3 is 3.00 bits per heavy atom. The number of halogens is 1. The normalized spacial score (nSPS) is 20.4. The molecule has 1 unspecified atom stereocenters. The van der Waals surface area contributed by atoms with Crippen LogP contribution in [0.2, 0.25) is 5.15 Å². The highest BCUT2D eigenvalue weighted by atomic mass is 35.5. The fraction of sp³-hybridized carbons (Fsp3) is 0.750. The Bertz CT molecular complexity index is 357. The summed E-state index contributed by atoms with van der Waals surface area (Å²) >= 11 is 6.00. The molecule has 0 bridgehead atoms.